The fraction of sp³-hybridized carbons (Fsp3) is 0.824. The van der Waals surface area contributed by atoms with Crippen LogP contribution >= 0.6 is 0 Å². The second-order valence-electron chi connectivity index (χ2n) is 7.57. The third-order valence-electron chi connectivity index (χ3n) is 5.98. The van der Waals surface area contributed by atoms with Crippen LogP contribution in [0.4, 0.5) is 0 Å². The smallest absolute Gasteiger partial charge is 0.302 e. The van der Waals surface area contributed by atoms with Crippen molar-refractivity contribution in [2.24, 2.45) is 29.1 Å². The summed E-state index contributed by atoms with van der Waals surface area (Å²) in [6, 6.07) is 0. The monoisotopic (exact) mass is 262 g/mol. The Morgan fingerprint density at radius 2 is 2.05 bits per heavy atom. The van der Waals surface area contributed by atoms with Gasteiger partial charge in [0.1, 0.15) is 6.10 Å². The third kappa shape index (κ3) is 1.86. The maximum Gasteiger partial charge on any atom is 0.302 e. The van der Waals surface area contributed by atoms with E-state index in [0.29, 0.717) is 23.2 Å². The highest BCUT2D eigenvalue weighted by Gasteiger charge is 2.66. The molecule has 0 radical (unpaired) electrons. The number of hydrogen-bond acceptors (Lipinski definition) is 2. The Morgan fingerprint density at radius 3 is 2.68 bits per heavy atom. The molecule has 2 saturated carbocycles. The molecule has 0 N–H and O–H groups in total. The van der Waals surface area contributed by atoms with Crippen LogP contribution < -0.4 is 0 Å². The summed E-state index contributed by atoms with van der Waals surface area (Å²) in [4.78, 5) is 11.4. The van der Waals surface area contributed by atoms with E-state index in [-0.39, 0.29) is 12.1 Å². The van der Waals surface area contributed by atoms with Crippen LogP contribution in [0, 0.1) is 29.1 Å². The van der Waals surface area contributed by atoms with Gasteiger partial charge >= 0.3 is 5.97 Å². The van der Waals surface area contributed by atoms with Crippen molar-refractivity contribution in [1.82, 2.24) is 0 Å². The molecule has 0 aromatic carbocycles. The molecule has 0 bridgehead atoms. The molecule has 0 aliphatic heterocycles. The van der Waals surface area contributed by atoms with Gasteiger partial charge in [-0.25, -0.2) is 0 Å². The Kier molecular flexibility index (Phi) is 2.85. The molecule has 2 nitrogen and oxygen atoms in total. The van der Waals surface area contributed by atoms with Crippen LogP contribution in [0.1, 0.15) is 53.9 Å². The van der Waals surface area contributed by atoms with Crippen LogP contribution in [0.3, 0.4) is 0 Å². The van der Waals surface area contributed by atoms with E-state index in [4.69, 9.17) is 4.74 Å². The van der Waals surface area contributed by atoms with Crippen LogP contribution in [0.15, 0.2) is 11.1 Å². The van der Waals surface area contributed by atoms with Crippen molar-refractivity contribution in [3.8, 4) is 0 Å². The van der Waals surface area contributed by atoms with E-state index < -0.39 is 0 Å². The largest absolute Gasteiger partial charge is 0.462 e. The van der Waals surface area contributed by atoms with Crippen molar-refractivity contribution < 1.29 is 9.53 Å². The van der Waals surface area contributed by atoms with Gasteiger partial charge in [-0.15, -0.1) is 0 Å². The normalized spacial score (nSPS) is 43.3. The highest BCUT2D eigenvalue weighted by Crippen LogP contribution is 2.69. The van der Waals surface area contributed by atoms with E-state index in [1.165, 1.54) is 12.8 Å². The Balaban J connectivity index is 1.95. The zero-order valence-corrected chi connectivity index (χ0v) is 12.8. The minimum atomic E-state index is -0.114. The number of esters is 1. The summed E-state index contributed by atoms with van der Waals surface area (Å²) in [5.74, 6) is 2.49. The molecule has 0 aromatic heterocycles. The summed E-state index contributed by atoms with van der Waals surface area (Å²) in [6.07, 6.45) is 3.78. The van der Waals surface area contributed by atoms with Crippen LogP contribution in [-0.2, 0) is 9.53 Å². The number of allylic oxidation sites excluding steroid dienone is 2. The highest BCUT2D eigenvalue weighted by atomic mass is 16.5. The average molecular weight is 262 g/mol. The van der Waals surface area contributed by atoms with Crippen molar-refractivity contribution >= 4 is 5.97 Å². The topological polar surface area (TPSA) is 26.3 Å². The molecule has 3 aliphatic carbocycles. The zero-order valence-electron chi connectivity index (χ0n) is 12.8. The number of rotatable bonds is 1. The van der Waals surface area contributed by atoms with E-state index in [2.05, 4.69) is 27.7 Å². The molecule has 0 spiro atoms. The van der Waals surface area contributed by atoms with Gasteiger partial charge in [-0.1, -0.05) is 31.9 Å². The summed E-state index contributed by atoms with van der Waals surface area (Å²) >= 11 is 0. The summed E-state index contributed by atoms with van der Waals surface area (Å²) in [5.41, 5.74) is 3.68. The number of fused-ring (bicyclic) bond motifs is 3. The number of hydrogen-bond donors (Lipinski definition) is 0. The second kappa shape index (κ2) is 4.10. The summed E-state index contributed by atoms with van der Waals surface area (Å²) in [5, 5.41) is 0. The molecule has 0 amide bonds. The summed E-state index contributed by atoms with van der Waals surface area (Å²) in [7, 11) is 0. The molecule has 3 rings (SSSR count). The van der Waals surface area contributed by atoms with Crippen molar-refractivity contribution in [3.05, 3.63) is 11.1 Å². The predicted octanol–water partition coefficient (Wildman–Crippen LogP) is 3.96. The zero-order chi connectivity index (χ0) is 13.9. The maximum atomic E-state index is 11.4. The lowest BCUT2D eigenvalue weighted by Gasteiger charge is -2.26. The molecular formula is C17H26O2. The second-order valence-corrected chi connectivity index (χ2v) is 7.57. The van der Waals surface area contributed by atoms with Crippen molar-refractivity contribution in [2.45, 2.75) is 60.0 Å². The standard InChI is InChI=1S/C17H26O2/c1-9-6-7-12-10(2)8-13(19-11(3)18)15-16(14(9)12)17(15,4)5/h10,12-13,15-16H,6-8H2,1-5H3/t10-,12-,13+,15-,16+/m1/s1. The first-order valence-corrected chi connectivity index (χ1v) is 7.70. The van der Waals surface area contributed by atoms with Gasteiger partial charge in [0.25, 0.3) is 0 Å². The van der Waals surface area contributed by atoms with Gasteiger partial charge in [0, 0.05) is 12.8 Å². The van der Waals surface area contributed by atoms with E-state index in [1.54, 1.807) is 18.1 Å². The van der Waals surface area contributed by atoms with Crippen LogP contribution in [0.2, 0.25) is 0 Å². The van der Waals surface area contributed by atoms with Gasteiger partial charge in [-0.2, -0.15) is 0 Å². The average Bonchev–Trinajstić information content (AvgIpc) is 2.68. The lowest BCUT2D eigenvalue weighted by Crippen LogP contribution is -2.25. The molecule has 3 aliphatic rings. The molecule has 19 heavy (non-hydrogen) atoms. The SMILES string of the molecule is CC(=O)O[C@H]1C[C@@H](C)[C@H]2CCC(C)=C2[C@H]2[C@@H]1C2(C)C. The molecule has 2 fully saturated rings. The Morgan fingerprint density at radius 1 is 1.37 bits per heavy atom. The van der Waals surface area contributed by atoms with Crippen LogP contribution in [-0.4, -0.2) is 12.1 Å². The van der Waals surface area contributed by atoms with Crippen molar-refractivity contribution in [3.63, 3.8) is 0 Å². The predicted molar refractivity (Wildman–Crippen MR) is 75.5 cm³/mol. The Hall–Kier alpha value is -0.790. The van der Waals surface area contributed by atoms with Gasteiger partial charge in [0.15, 0.2) is 0 Å². The lowest BCUT2D eigenvalue weighted by molar-refractivity contribution is -0.148. The molecule has 106 valence electrons. The van der Waals surface area contributed by atoms with Gasteiger partial charge in [0.05, 0.1) is 0 Å². The summed E-state index contributed by atoms with van der Waals surface area (Å²) in [6.45, 7) is 10.9. The third-order valence-corrected chi connectivity index (χ3v) is 5.98. The molecule has 5 atom stereocenters. The molecule has 0 heterocycles. The molecule has 0 unspecified atom stereocenters. The minimum absolute atomic E-state index is 0.114. The highest BCUT2D eigenvalue weighted by molar-refractivity contribution is 5.66. The first kappa shape index (κ1) is 13.2. The van der Waals surface area contributed by atoms with E-state index in [1.807, 2.05) is 0 Å². The van der Waals surface area contributed by atoms with Gasteiger partial charge in [0.2, 0.25) is 0 Å². The number of carbonyl (C=O) groups is 1. The summed E-state index contributed by atoms with van der Waals surface area (Å²) < 4.78 is 5.67. The minimum Gasteiger partial charge on any atom is -0.462 e. The van der Waals surface area contributed by atoms with E-state index >= 15 is 0 Å². The molecule has 2 heteroatoms. The maximum absolute atomic E-state index is 11.4. The van der Waals surface area contributed by atoms with Gasteiger partial charge in [-0.3, -0.25) is 4.79 Å². The van der Waals surface area contributed by atoms with Crippen molar-refractivity contribution in [2.75, 3.05) is 0 Å². The first-order chi connectivity index (χ1) is 8.84. The first-order valence-electron chi connectivity index (χ1n) is 7.70. The van der Waals surface area contributed by atoms with Gasteiger partial charge < -0.3 is 4.74 Å². The Labute approximate surface area is 116 Å². The Bertz CT molecular complexity index is 446. The lowest BCUT2D eigenvalue weighted by atomic mass is 9.82. The van der Waals surface area contributed by atoms with Crippen LogP contribution in [0.5, 0.6) is 0 Å². The quantitative estimate of drug-likeness (QED) is 0.528. The number of carbonyl (C=O) groups excluding carboxylic acids is 1. The number of ether oxygens (including phenoxy) is 1. The molecular weight excluding hydrogens is 236 g/mol. The fourth-order valence-electron chi connectivity index (χ4n) is 5.05. The van der Waals surface area contributed by atoms with E-state index in [9.17, 15) is 4.79 Å². The molecule has 0 saturated heterocycles. The van der Waals surface area contributed by atoms with Crippen molar-refractivity contribution in [1.29, 1.82) is 0 Å². The van der Waals surface area contributed by atoms with Gasteiger partial charge in [-0.05, 0) is 49.4 Å². The van der Waals surface area contributed by atoms with E-state index in [0.717, 1.165) is 12.3 Å². The van der Waals surface area contributed by atoms with Crippen LogP contribution in [0.25, 0.3) is 0 Å². The fourth-order valence-corrected chi connectivity index (χ4v) is 5.05. The molecule has 0 aromatic rings.